The predicted octanol–water partition coefficient (Wildman–Crippen LogP) is 3.33. The summed E-state index contributed by atoms with van der Waals surface area (Å²) in [5.41, 5.74) is 9.07. The van der Waals surface area contributed by atoms with Gasteiger partial charge in [0, 0.05) is 30.1 Å². The van der Waals surface area contributed by atoms with Gasteiger partial charge in [-0.15, -0.1) is 0 Å². The number of carbonyl (C=O) groups excluding carboxylic acids is 2. The topological polar surface area (TPSA) is 94.1 Å². The summed E-state index contributed by atoms with van der Waals surface area (Å²) in [5.74, 6) is -1.26. The second kappa shape index (κ2) is 8.68. The number of aryl methyl sites for hydroxylation is 2. The van der Waals surface area contributed by atoms with E-state index in [1.54, 1.807) is 12.1 Å². The molecule has 168 valence electrons. The third-order valence-electron chi connectivity index (χ3n) is 6.16. The first-order valence-corrected chi connectivity index (χ1v) is 10.9. The molecule has 2 N–H and O–H groups in total. The average Bonchev–Trinajstić information content (AvgIpc) is 3.08. The van der Waals surface area contributed by atoms with E-state index in [1.165, 1.54) is 12.1 Å². The first-order chi connectivity index (χ1) is 15.2. The zero-order chi connectivity index (χ0) is 23.0. The molecule has 1 aromatic carbocycles. The van der Waals surface area contributed by atoms with Crippen molar-refractivity contribution in [2.75, 3.05) is 13.1 Å². The van der Waals surface area contributed by atoms with Gasteiger partial charge in [0.25, 0.3) is 5.91 Å². The molecule has 8 heteroatoms. The molecule has 0 radical (unpaired) electrons. The molecule has 2 amide bonds. The number of fused-ring (bicyclic) bond motifs is 1. The Morgan fingerprint density at radius 2 is 2.03 bits per heavy atom. The fourth-order valence-corrected chi connectivity index (χ4v) is 4.58. The maximum absolute atomic E-state index is 13.6. The molecule has 7 nitrogen and oxygen atoms in total. The fourth-order valence-electron chi connectivity index (χ4n) is 4.58. The van der Waals surface area contributed by atoms with Gasteiger partial charge in [-0.25, -0.2) is 4.39 Å². The van der Waals surface area contributed by atoms with Crippen LogP contribution in [0.1, 0.15) is 53.1 Å². The van der Waals surface area contributed by atoms with Crippen LogP contribution in [0.3, 0.4) is 0 Å². The third-order valence-corrected chi connectivity index (χ3v) is 6.16. The van der Waals surface area contributed by atoms with Gasteiger partial charge in [-0.3, -0.25) is 19.3 Å². The highest BCUT2D eigenvalue weighted by Crippen LogP contribution is 2.31. The number of aromatic nitrogens is 3. The van der Waals surface area contributed by atoms with Gasteiger partial charge in [0.1, 0.15) is 5.82 Å². The molecule has 3 heterocycles. The highest BCUT2D eigenvalue weighted by atomic mass is 19.1. The Kier molecular flexibility index (Phi) is 5.95. The highest BCUT2D eigenvalue weighted by Gasteiger charge is 2.31. The van der Waals surface area contributed by atoms with Crippen LogP contribution in [0.25, 0.3) is 10.9 Å². The highest BCUT2D eigenvalue weighted by molar-refractivity contribution is 5.98. The Morgan fingerprint density at radius 1 is 1.25 bits per heavy atom. The Bertz CT molecular complexity index is 1190. The molecule has 0 spiro atoms. The van der Waals surface area contributed by atoms with Crippen molar-refractivity contribution >= 4 is 22.7 Å². The first kappa shape index (κ1) is 21.9. The molecular formula is C24H28FN5O2. The smallest absolute Gasteiger partial charge is 0.250 e. The molecule has 1 saturated heterocycles. The van der Waals surface area contributed by atoms with Crippen LogP contribution in [0.2, 0.25) is 0 Å². The SMILES string of the molecule is Cc1cc(C)n(C[C@H](C)C(=O)N2CCC[C@H](c3nc4ccc(F)cc4cc3C(N)=O)C2)n1. The van der Waals surface area contributed by atoms with Crippen molar-refractivity contribution in [3.63, 3.8) is 0 Å². The summed E-state index contributed by atoms with van der Waals surface area (Å²) in [7, 11) is 0. The number of hydrogen-bond donors (Lipinski definition) is 1. The summed E-state index contributed by atoms with van der Waals surface area (Å²) >= 11 is 0. The first-order valence-electron chi connectivity index (χ1n) is 10.9. The molecule has 0 aliphatic carbocycles. The Hall–Kier alpha value is -3.29. The van der Waals surface area contributed by atoms with E-state index in [0.717, 1.165) is 24.2 Å². The number of benzene rings is 1. The normalized spacial score (nSPS) is 17.5. The van der Waals surface area contributed by atoms with Crippen LogP contribution in [-0.2, 0) is 11.3 Å². The van der Waals surface area contributed by atoms with Crippen LogP contribution in [0.5, 0.6) is 0 Å². The fraction of sp³-hybridized carbons (Fsp3) is 0.417. The number of amides is 2. The molecule has 2 atom stereocenters. The second-order valence-corrected chi connectivity index (χ2v) is 8.76. The molecule has 3 aromatic rings. The van der Waals surface area contributed by atoms with E-state index in [2.05, 4.69) is 10.1 Å². The van der Waals surface area contributed by atoms with Crippen molar-refractivity contribution in [2.45, 2.75) is 46.1 Å². The van der Waals surface area contributed by atoms with Gasteiger partial charge in [0.05, 0.1) is 34.9 Å². The third kappa shape index (κ3) is 4.35. The van der Waals surface area contributed by atoms with Gasteiger partial charge in [0.2, 0.25) is 5.91 Å². The molecule has 0 unspecified atom stereocenters. The summed E-state index contributed by atoms with van der Waals surface area (Å²) in [5, 5.41) is 5.00. The minimum Gasteiger partial charge on any atom is -0.366 e. The maximum atomic E-state index is 13.6. The van der Waals surface area contributed by atoms with E-state index in [-0.39, 0.29) is 23.3 Å². The number of halogens is 1. The monoisotopic (exact) mass is 437 g/mol. The lowest BCUT2D eigenvalue weighted by molar-refractivity contribution is -0.136. The number of nitrogens with zero attached hydrogens (tertiary/aromatic N) is 4. The lowest BCUT2D eigenvalue weighted by Crippen LogP contribution is -2.43. The number of piperidine rings is 1. The van der Waals surface area contributed by atoms with Crippen molar-refractivity contribution in [3.8, 4) is 0 Å². The van der Waals surface area contributed by atoms with Crippen molar-refractivity contribution in [3.05, 3.63) is 58.8 Å². The van der Waals surface area contributed by atoms with Crippen molar-refractivity contribution in [1.82, 2.24) is 19.7 Å². The van der Waals surface area contributed by atoms with Gasteiger partial charge in [-0.05, 0) is 57.0 Å². The average molecular weight is 438 g/mol. The second-order valence-electron chi connectivity index (χ2n) is 8.76. The summed E-state index contributed by atoms with van der Waals surface area (Å²) in [4.78, 5) is 31.9. The van der Waals surface area contributed by atoms with E-state index in [9.17, 15) is 14.0 Å². The van der Waals surface area contributed by atoms with Crippen LogP contribution in [0.15, 0.2) is 30.3 Å². The molecule has 1 aliphatic rings. The quantitative estimate of drug-likeness (QED) is 0.662. The van der Waals surface area contributed by atoms with Gasteiger partial charge in [-0.1, -0.05) is 6.92 Å². The maximum Gasteiger partial charge on any atom is 0.250 e. The van der Waals surface area contributed by atoms with Gasteiger partial charge in [-0.2, -0.15) is 5.10 Å². The Morgan fingerprint density at radius 3 is 2.72 bits per heavy atom. The number of likely N-dealkylation sites (tertiary alicyclic amines) is 1. The van der Waals surface area contributed by atoms with E-state index in [4.69, 9.17) is 5.73 Å². The number of carbonyl (C=O) groups is 2. The zero-order valence-corrected chi connectivity index (χ0v) is 18.6. The molecule has 4 rings (SSSR count). The summed E-state index contributed by atoms with van der Waals surface area (Å²) in [6.07, 6.45) is 1.61. The number of primary amides is 1. The van der Waals surface area contributed by atoms with Crippen LogP contribution in [-0.4, -0.2) is 44.6 Å². The van der Waals surface area contributed by atoms with Gasteiger partial charge >= 0.3 is 0 Å². The minimum absolute atomic E-state index is 0.0609. The van der Waals surface area contributed by atoms with E-state index >= 15 is 0 Å². The van der Waals surface area contributed by atoms with Crippen molar-refractivity contribution < 1.29 is 14.0 Å². The number of rotatable bonds is 5. The largest absolute Gasteiger partial charge is 0.366 e. The minimum atomic E-state index is -0.597. The summed E-state index contributed by atoms with van der Waals surface area (Å²) < 4.78 is 15.5. The number of hydrogen-bond acceptors (Lipinski definition) is 4. The molecule has 1 aliphatic heterocycles. The zero-order valence-electron chi connectivity index (χ0n) is 18.6. The molecule has 1 fully saturated rings. The van der Waals surface area contributed by atoms with Crippen LogP contribution < -0.4 is 5.73 Å². The number of nitrogens with two attached hydrogens (primary N) is 1. The predicted molar refractivity (Wildman–Crippen MR) is 120 cm³/mol. The van der Waals surface area contributed by atoms with Crippen LogP contribution in [0, 0.1) is 25.6 Å². The summed E-state index contributed by atoms with van der Waals surface area (Å²) in [6.45, 7) is 7.50. The van der Waals surface area contributed by atoms with Gasteiger partial charge < -0.3 is 10.6 Å². The number of pyridine rings is 1. The molecule has 0 saturated carbocycles. The van der Waals surface area contributed by atoms with Crippen molar-refractivity contribution in [2.24, 2.45) is 11.7 Å². The van der Waals surface area contributed by atoms with E-state index in [1.807, 2.05) is 36.4 Å². The summed E-state index contributed by atoms with van der Waals surface area (Å²) in [6, 6.07) is 7.89. The Balaban J connectivity index is 1.57. The molecule has 2 aromatic heterocycles. The van der Waals surface area contributed by atoms with Crippen molar-refractivity contribution in [1.29, 1.82) is 0 Å². The molecular weight excluding hydrogens is 409 g/mol. The molecule has 0 bridgehead atoms. The van der Waals surface area contributed by atoms with Gasteiger partial charge in [0.15, 0.2) is 0 Å². The lowest BCUT2D eigenvalue weighted by Gasteiger charge is -2.34. The van der Waals surface area contributed by atoms with Crippen LogP contribution >= 0.6 is 0 Å². The molecule has 32 heavy (non-hydrogen) atoms. The van der Waals surface area contributed by atoms with Crippen LogP contribution in [0.4, 0.5) is 4.39 Å². The van der Waals surface area contributed by atoms with E-state index in [0.29, 0.717) is 36.2 Å². The van der Waals surface area contributed by atoms with E-state index < -0.39 is 11.7 Å². The Labute approximate surface area is 186 Å². The lowest BCUT2D eigenvalue weighted by atomic mass is 9.90. The standard InChI is InChI=1S/C24H28FN5O2/c1-14(12-30-16(3)9-15(2)28-30)24(32)29-8-4-5-17(13-29)22-20(23(26)31)11-18-10-19(25)6-7-21(18)27-22/h6-7,9-11,14,17H,4-5,8,12-13H2,1-3H3,(H2,26,31)/t14-,17-/m0/s1.